The Labute approximate surface area is 228 Å². The smallest absolute Gasteiger partial charge is 0.273 e. The largest absolute Gasteiger partial charge is 0.486 e. The van der Waals surface area contributed by atoms with Gasteiger partial charge in [-0.05, 0) is 62.1 Å². The van der Waals surface area contributed by atoms with Gasteiger partial charge in [0.1, 0.15) is 23.1 Å². The number of thiazole rings is 1. The van der Waals surface area contributed by atoms with E-state index in [1.807, 2.05) is 16.3 Å². The predicted octanol–water partition coefficient (Wildman–Crippen LogP) is 4.30. The van der Waals surface area contributed by atoms with Gasteiger partial charge in [0, 0.05) is 44.0 Å². The molecule has 0 N–H and O–H groups in total. The monoisotopic (exact) mass is 530 g/mol. The summed E-state index contributed by atoms with van der Waals surface area (Å²) in [4.78, 5) is 36.9. The lowest BCUT2D eigenvalue weighted by atomic mass is 9.87. The van der Waals surface area contributed by atoms with E-state index in [0.717, 1.165) is 73.9 Å². The van der Waals surface area contributed by atoms with Crippen molar-refractivity contribution in [3.8, 4) is 5.75 Å². The normalized spacial score (nSPS) is 19.8. The lowest BCUT2D eigenvalue weighted by molar-refractivity contribution is -0.134. The molecule has 2 aromatic carbocycles. The van der Waals surface area contributed by atoms with E-state index in [1.54, 1.807) is 0 Å². The van der Waals surface area contributed by atoms with E-state index in [9.17, 15) is 9.59 Å². The first-order valence-electron chi connectivity index (χ1n) is 13.5. The standard InChI is InChI=1S/C30H34N4O3S/c1-20-3-5-22(6-4-20)28-25-17-24(10-9-21(25)11-12-34(28)29(35)23-7-8-23)37-18-27-31-26(19-38-27)30(36)33-15-13-32(2)14-16-33/h3-6,9-10,17,19,23,28H,7-8,11-16,18H2,1-2H3/t28-/m0/s1. The van der Waals surface area contributed by atoms with Gasteiger partial charge in [-0.2, -0.15) is 0 Å². The molecule has 1 saturated carbocycles. The Morgan fingerprint density at radius 3 is 2.53 bits per heavy atom. The van der Waals surface area contributed by atoms with Gasteiger partial charge in [-0.25, -0.2) is 4.98 Å². The molecule has 2 fully saturated rings. The zero-order valence-electron chi connectivity index (χ0n) is 22.1. The highest BCUT2D eigenvalue weighted by molar-refractivity contribution is 7.09. The molecule has 1 atom stereocenters. The van der Waals surface area contributed by atoms with E-state index in [4.69, 9.17) is 4.74 Å². The molecule has 0 bridgehead atoms. The predicted molar refractivity (Wildman–Crippen MR) is 147 cm³/mol. The van der Waals surface area contributed by atoms with Gasteiger partial charge in [0.25, 0.3) is 5.91 Å². The van der Waals surface area contributed by atoms with Crippen molar-refractivity contribution in [2.45, 2.75) is 38.8 Å². The van der Waals surface area contributed by atoms with Crippen LogP contribution in [0.25, 0.3) is 0 Å². The summed E-state index contributed by atoms with van der Waals surface area (Å²) in [7, 11) is 2.08. The molecule has 1 aromatic heterocycles. The van der Waals surface area contributed by atoms with E-state index >= 15 is 0 Å². The third-order valence-electron chi connectivity index (χ3n) is 7.87. The van der Waals surface area contributed by atoms with Crippen molar-refractivity contribution in [1.82, 2.24) is 19.7 Å². The van der Waals surface area contributed by atoms with Crippen LogP contribution in [0.5, 0.6) is 5.75 Å². The quantitative estimate of drug-likeness (QED) is 0.476. The van der Waals surface area contributed by atoms with Gasteiger partial charge in [0.05, 0.1) is 6.04 Å². The summed E-state index contributed by atoms with van der Waals surface area (Å²) >= 11 is 1.46. The molecular formula is C30H34N4O3S. The Bertz CT molecular complexity index is 1330. The molecule has 38 heavy (non-hydrogen) atoms. The van der Waals surface area contributed by atoms with Crippen molar-refractivity contribution >= 4 is 23.2 Å². The first-order valence-corrected chi connectivity index (χ1v) is 14.4. The molecule has 2 amide bonds. The Hall–Kier alpha value is -3.23. The molecule has 3 aromatic rings. The highest BCUT2D eigenvalue weighted by Gasteiger charge is 2.39. The number of ether oxygens (including phenoxy) is 1. The van der Waals surface area contributed by atoms with Crippen LogP contribution in [-0.4, -0.2) is 71.3 Å². The zero-order chi connectivity index (χ0) is 26.2. The van der Waals surface area contributed by atoms with Crippen LogP contribution in [0, 0.1) is 12.8 Å². The number of fused-ring (bicyclic) bond motifs is 1. The molecule has 0 spiro atoms. The maximum atomic E-state index is 13.3. The molecule has 0 radical (unpaired) electrons. The minimum absolute atomic E-state index is 0.00394. The van der Waals surface area contributed by atoms with Crippen LogP contribution in [0.3, 0.4) is 0 Å². The zero-order valence-corrected chi connectivity index (χ0v) is 22.9. The number of nitrogens with zero attached hydrogens (tertiary/aromatic N) is 4. The average molecular weight is 531 g/mol. The van der Waals surface area contributed by atoms with Gasteiger partial charge in [0.2, 0.25) is 5.91 Å². The van der Waals surface area contributed by atoms with Crippen LogP contribution in [0.4, 0.5) is 0 Å². The fourth-order valence-electron chi connectivity index (χ4n) is 5.39. The van der Waals surface area contributed by atoms with Gasteiger partial charge in [-0.1, -0.05) is 35.9 Å². The Morgan fingerprint density at radius 1 is 1.03 bits per heavy atom. The number of hydrogen-bond donors (Lipinski definition) is 0. The van der Waals surface area contributed by atoms with Gasteiger partial charge in [-0.15, -0.1) is 11.3 Å². The Balaban J connectivity index is 1.19. The van der Waals surface area contributed by atoms with E-state index in [0.29, 0.717) is 12.3 Å². The number of likely N-dealkylation sites (N-methyl/N-ethyl adjacent to an activating group) is 1. The maximum absolute atomic E-state index is 13.3. The number of hydrogen-bond acceptors (Lipinski definition) is 6. The third kappa shape index (κ3) is 5.20. The summed E-state index contributed by atoms with van der Waals surface area (Å²) in [6.45, 7) is 6.37. The number of aromatic nitrogens is 1. The van der Waals surface area contributed by atoms with Crippen LogP contribution >= 0.6 is 11.3 Å². The Morgan fingerprint density at radius 2 is 1.79 bits per heavy atom. The summed E-state index contributed by atoms with van der Waals surface area (Å²) in [5.41, 5.74) is 5.23. The minimum atomic E-state index is -0.108. The van der Waals surface area contributed by atoms with Crippen LogP contribution in [0.15, 0.2) is 47.8 Å². The summed E-state index contributed by atoms with van der Waals surface area (Å²) in [6, 6.07) is 14.6. The van der Waals surface area contributed by atoms with E-state index in [-0.39, 0.29) is 23.8 Å². The van der Waals surface area contributed by atoms with Crippen molar-refractivity contribution in [3.05, 3.63) is 80.8 Å². The molecule has 3 heterocycles. The average Bonchev–Trinajstić information content (AvgIpc) is 3.68. The highest BCUT2D eigenvalue weighted by Crippen LogP contribution is 2.41. The number of benzene rings is 2. The molecule has 198 valence electrons. The van der Waals surface area contributed by atoms with Gasteiger partial charge < -0.3 is 19.4 Å². The van der Waals surface area contributed by atoms with Crippen LogP contribution in [-0.2, 0) is 17.8 Å². The summed E-state index contributed by atoms with van der Waals surface area (Å²) < 4.78 is 6.18. The molecular weight excluding hydrogens is 496 g/mol. The molecule has 1 saturated heterocycles. The highest BCUT2D eigenvalue weighted by atomic mass is 32.1. The van der Waals surface area contributed by atoms with Crippen LogP contribution in [0.1, 0.15) is 56.6 Å². The van der Waals surface area contributed by atoms with Crippen molar-refractivity contribution in [3.63, 3.8) is 0 Å². The van der Waals surface area contributed by atoms with E-state index in [2.05, 4.69) is 65.2 Å². The van der Waals surface area contributed by atoms with E-state index < -0.39 is 0 Å². The van der Waals surface area contributed by atoms with Gasteiger partial charge in [-0.3, -0.25) is 9.59 Å². The first-order chi connectivity index (χ1) is 18.5. The fourth-order valence-corrected chi connectivity index (χ4v) is 6.06. The molecule has 1 aliphatic carbocycles. The molecule has 6 rings (SSSR count). The second-order valence-electron chi connectivity index (χ2n) is 10.7. The van der Waals surface area contributed by atoms with Crippen molar-refractivity contribution in [1.29, 1.82) is 0 Å². The summed E-state index contributed by atoms with van der Waals surface area (Å²) in [5, 5.41) is 2.61. The number of amides is 2. The number of piperazine rings is 1. The topological polar surface area (TPSA) is 66.0 Å². The lowest BCUT2D eigenvalue weighted by Gasteiger charge is -2.38. The number of carbonyl (C=O) groups is 2. The SMILES string of the molecule is Cc1ccc([C@H]2c3cc(OCc4nc(C(=O)N5CCN(C)CC5)cs4)ccc3CCN2C(=O)C2CC2)cc1. The maximum Gasteiger partial charge on any atom is 0.273 e. The molecule has 3 aliphatic rings. The third-order valence-corrected chi connectivity index (χ3v) is 8.69. The molecule has 0 unspecified atom stereocenters. The molecule has 8 heteroatoms. The van der Waals surface area contributed by atoms with Crippen molar-refractivity contribution < 1.29 is 14.3 Å². The summed E-state index contributed by atoms with van der Waals surface area (Å²) in [6.07, 6.45) is 2.85. The van der Waals surface area contributed by atoms with Gasteiger partial charge >= 0.3 is 0 Å². The van der Waals surface area contributed by atoms with Crippen LogP contribution < -0.4 is 4.74 Å². The van der Waals surface area contributed by atoms with Crippen LogP contribution in [0.2, 0.25) is 0 Å². The second-order valence-corrected chi connectivity index (χ2v) is 11.7. The van der Waals surface area contributed by atoms with Gasteiger partial charge in [0.15, 0.2) is 0 Å². The first kappa shape index (κ1) is 25.1. The number of carbonyl (C=O) groups excluding carboxylic acids is 2. The minimum Gasteiger partial charge on any atom is -0.486 e. The second kappa shape index (κ2) is 10.5. The van der Waals surface area contributed by atoms with Crippen molar-refractivity contribution in [2.75, 3.05) is 39.8 Å². The van der Waals surface area contributed by atoms with Crippen molar-refractivity contribution in [2.24, 2.45) is 5.92 Å². The lowest BCUT2D eigenvalue weighted by Crippen LogP contribution is -2.47. The summed E-state index contributed by atoms with van der Waals surface area (Å²) in [5.74, 6) is 1.20. The van der Waals surface area contributed by atoms with E-state index in [1.165, 1.54) is 22.5 Å². The molecule has 2 aliphatic heterocycles. The number of rotatable bonds is 6. The fraction of sp³-hybridized carbons (Fsp3) is 0.433. The Kier molecular flexibility index (Phi) is 6.93. The number of aryl methyl sites for hydroxylation is 1. The molecule has 7 nitrogen and oxygen atoms in total.